The monoisotopic (exact) mass is 1330 g/mol. The molecule has 506 valence electrons. The summed E-state index contributed by atoms with van der Waals surface area (Å²) < 4.78 is 107. The molecule has 0 saturated carbocycles. The summed E-state index contributed by atoms with van der Waals surface area (Å²) in [7, 11) is -5.87. The van der Waals surface area contributed by atoms with E-state index in [4.69, 9.17) is 28.4 Å². The van der Waals surface area contributed by atoms with Gasteiger partial charge in [-0.05, 0) is 192 Å². The highest BCUT2D eigenvalue weighted by Gasteiger charge is 2.65. The van der Waals surface area contributed by atoms with Gasteiger partial charge in [0.25, 0.3) is 0 Å². The summed E-state index contributed by atoms with van der Waals surface area (Å²) in [6.45, 7) is 24.0. The summed E-state index contributed by atoms with van der Waals surface area (Å²) in [6, 6.07) is 41.3. The Balaban J connectivity index is 0.000000185. The van der Waals surface area contributed by atoms with E-state index in [2.05, 4.69) is 95.7 Å². The normalized spacial score (nSPS) is 21.4. The van der Waals surface area contributed by atoms with Crippen molar-refractivity contribution in [1.82, 2.24) is 0 Å². The SMILES string of the molecule is CCC(C)(C)C(=O)OC(C)C(F)(F)S(=O)(=O)[O-].CCC(C)(C)C(=O)OC1(C)CCc2cc(F)ccc21.CCC(C)(C)C(=O)OC1C2CC3C(=O)OC1C3O2.CCC(C)(C)C(=O)OC1Cc2cc(O)ccc2OC1=O.c1ccc([S+](c2ccccc2)c2ccccc2)cc1. The Kier molecular flexibility index (Phi) is 24.5. The third-order valence-corrected chi connectivity index (χ3v) is 21.0. The second kappa shape index (κ2) is 30.4. The van der Waals surface area contributed by atoms with Gasteiger partial charge < -0.3 is 42.8 Å². The number of hydrogen-bond acceptors (Lipinski definition) is 17. The van der Waals surface area contributed by atoms with Gasteiger partial charge in [-0.15, -0.1) is 0 Å². The Morgan fingerprint density at radius 3 is 1.65 bits per heavy atom. The smallest absolute Gasteiger partial charge is 0.369 e. The van der Waals surface area contributed by atoms with E-state index in [9.17, 15) is 60.0 Å². The van der Waals surface area contributed by atoms with Gasteiger partial charge in [-0.3, -0.25) is 24.0 Å². The summed E-state index contributed by atoms with van der Waals surface area (Å²) >= 11 is 0. The molecule has 0 amide bonds. The molecule has 0 radical (unpaired) electrons. The van der Waals surface area contributed by atoms with Crippen molar-refractivity contribution in [3.05, 3.63) is 150 Å². The topological polar surface area (TPSA) is 244 Å². The maximum Gasteiger partial charge on any atom is 0.369 e. The fourth-order valence-corrected chi connectivity index (χ4v) is 12.4. The molecule has 5 aromatic carbocycles. The Morgan fingerprint density at radius 1 is 0.667 bits per heavy atom. The Labute approximate surface area is 546 Å². The van der Waals surface area contributed by atoms with Crippen LogP contribution in [0.5, 0.6) is 11.5 Å². The van der Waals surface area contributed by atoms with Crippen LogP contribution in [0.15, 0.2) is 142 Å². The van der Waals surface area contributed by atoms with Gasteiger partial charge >= 0.3 is 41.1 Å². The van der Waals surface area contributed by atoms with Crippen molar-refractivity contribution in [3.63, 3.8) is 0 Å². The number of benzene rings is 5. The maximum absolute atomic E-state index is 13.2. The number of phenols is 1. The maximum atomic E-state index is 13.2. The summed E-state index contributed by atoms with van der Waals surface area (Å²) in [4.78, 5) is 75.2. The second-order valence-electron chi connectivity index (χ2n) is 26.2. The molecular weight excluding hydrogens is 1250 g/mol. The van der Waals surface area contributed by atoms with Gasteiger partial charge in [0.15, 0.2) is 43.1 Å². The number of alkyl halides is 2. The van der Waals surface area contributed by atoms with E-state index in [1.807, 2.05) is 55.4 Å². The van der Waals surface area contributed by atoms with Crippen LogP contribution in [0.3, 0.4) is 0 Å². The number of carbonyl (C=O) groups is 6. The lowest BCUT2D eigenvalue weighted by Crippen LogP contribution is -2.44. The van der Waals surface area contributed by atoms with Gasteiger partial charge in [0.1, 0.15) is 29.0 Å². The molecule has 17 nitrogen and oxygen atoms in total. The van der Waals surface area contributed by atoms with Crippen molar-refractivity contribution < 1.29 is 93.2 Å². The molecular formula is C71H87F3O17S2. The molecule has 0 spiro atoms. The molecule has 3 fully saturated rings. The first kappa shape index (κ1) is 74.8. The van der Waals surface area contributed by atoms with E-state index in [0.717, 1.165) is 30.4 Å². The quantitative estimate of drug-likeness (QED) is 0.0299. The number of ether oxygens (including phenoxy) is 7. The van der Waals surface area contributed by atoms with Crippen molar-refractivity contribution in [2.24, 2.45) is 27.6 Å². The second-order valence-corrected chi connectivity index (χ2v) is 29.7. The van der Waals surface area contributed by atoms with E-state index in [0.29, 0.717) is 43.9 Å². The summed E-state index contributed by atoms with van der Waals surface area (Å²) in [5, 5.41) is 4.81. The van der Waals surface area contributed by atoms with Gasteiger partial charge in [0.2, 0.25) is 6.10 Å². The third kappa shape index (κ3) is 18.2. The predicted molar refractivity (Wildman–Crippen MR) is 340 cm³/mol. The van der Waals surface area contributed by atoms with Crippen LogP contribution in [0.25, 0.3) is 0 Å². The number of rotatable bonds is 17. The molecule has 4 heterocycles. The molecule has 3 saturated heterocycles. The fourth-order valence-electron chi connectivity index (χ4n) is 9.81. The number of aromatic hydroxyl groups is 1. The van der Waals surface area contributed by atoms with E-state index < -0.39 is 85.0 Å². The van der Waals surface area contributed by atoms with E-state index in [-0.39, 0.29) is 64.9 Å². The minimum absolute atomic E-state index is 0.0146. The number of carbonyl (C=O) groups excluding carboxylic acids is 6. The van der Waals surface area contributed by atoms with Crippen LogP contribution in [-0.4, -0.2) is 95.8 Å². The van der Waals surface area contributed by atoms with Crippen LogP contribution in [0.4, 0.5) is 13.2 Å². The summed E-state index contributed by atoms with van der Waals surface area (Å²) in [5.41, 5.74) is -0.728. The number of fused-ring (bicyclic) bond motifs is 3. The van der Waals surface area contributed by atoms with Gasteiger partial charge in [-0.1, -0.05) is 88.4 Å². The third-order valence-electron chi connectivity index (χ3n) is 17.8. The molecule has 2 bridgehead atoms. The van der Waals surface area contributed by atoms with Crippen LogP contribution in [-0.2, 0) is 96.6 Å². The van der Waals surface area contributed by atoms with Crippen LogP contribution in [0, 0.1) is 33.4 Å². The highest BCUT2D eigenvalue weighted by molar-refractivity contribution is 7.97. The molecule has 8 atom stereocenters. The largest absolute Gasteiger partial charge is 0.743 e. The lowest BCUT2D eigenvalue weighted by molar-refractivity contribution is -0.170. The van der Waals surface area contributed by atoms with E-state index in [1.54, 1.807) is 32.9 Å². The lowest BCUT2D eigenvalue weighted by atomic mass is 9.87. The molecule has 93 heavy (non-hydrogen) atoms. The zero-order valence-corrected chi connectivity index (χ0v) is 56.9. The van der Waals surface area contributed by atoms with Crippen molar-refractivity contribution in [2.75, 3.05) is 0 Å². The highest BCUT2D eigenvalue weighted by Crippen LogP contribution is 2.48. The number of esters is 6. The van der Waals surface area contributed by atoms with E-state index in [1.165, 1.54) is 52.8 Å². The number of phenolic OH excluding ortho intramolecular Hbond substituents is 1. The average Bonchev–Trinajstić information content (AvgIpc) is 1.58. The van der Waals surface area contributed by atoms with Gasteiger partial charge in [-0.25, -0.2) is 17.6 Å². The first-order valence-corrected chi connectivity index (χ1v) is 33.8. The number of aryl methyl sites for hydroxylation is 1. The lowest BCUT2D eigenvalue weighted by Gasteiger charge is -2.31. The standard InChI is InChI=1S/C18H15S.C16H21FO2.C15H18O5.C13H18O5.C9H16F2O5S/c1-4-10-16(11-5-1)19(17-12-6-2-7-13-17)18-14-8-3-9-15-18;1-5-15(2,3)14(18)19-16(4)9-8-11-10-12(17)6-7-13(11)16;1-4-15(2,3)14(18)20-12-8-9-7-10(16)5-6-11(9)19-13(12)17;1-4-13(2,3)12(15)18-9-7-5-6-8(16-7)10(9)17-11(6)14;1-5-8(3,4)7(12)16-6(2)9(10,11)17(13,14)15/h1-15H;6-7,10H,5,8-9H2,1-4H3;5-7,12,16H,4,8H2,1-3H3;6-10H,4-5H2,1-3H3;6H,5H2,1-4H3,(H,13,14,15)/q+1;;;;/p-1. The van der Waals surface area contributed by atoms with Gasteiger partial charge in [-0.2, -0.15) is 8.78 Å². The first-order chi connectivity index (χ1) is 43.4. The summed E-state index contributed by atoms with van der Waals surface area (Å²) in [6.07, 6.45) is 0.232. The average molecular weight is 1330 g/mol. The van der Waals surface area contributed by atoms with Crippen LogP contribution >= 0.6 is 0 Å². The zero-order valence-electron chi connectivity index (χ0n) is 55.3. The molecule has 1 aliphatic carbocycles. The molecule has 10 rings (SSSR count). The van der Waals surface area contributed by atoms with Crippen LogP contribution < -0.4 is 4.74 Å². The van der Waals surface area contributed by atoms with Crippen LogP contribution in [0.1, 0.15) is 152 Å². The predicted octanol–water partition coefficient (Wildman–Crippen LogP) is 13.5. The van der Waals surface area contributed by atoms with E-state index >= 15 is 0 Å². The van der Waals surface area contributed by atoms with Crippen molar-refractivity contribution in [1.29, 1.82) is 0 Å². The molecule has 0 aromatic heterocycles. The molecule has 1 N–H and O–H groups in total. The Morgan fingerprint density at radius 2 is 1.15 bits per heavy atom. The molecule has 4 aliphatic heterocycles. The Bertz CT molecular complexity index is 3450. The molecule has 8 unspecified atom stereocenters. The first-order valence-electron chi connectivity index (χ1n) is 31.1. The molecule has 5 aliphatic rings. The van der Waals surface area contributed by atoms with Gasteiger partial charge in [0.05, 0.1) is 44.6 Å². The zero-order chi connectivity index (χ0) is 69.2. The minimum Gasteiger partial charge on any atom is -0.743 e. The summed E-state index contributed by atoms with van der Waals surface area (Å²) in [5.74, 6) is -2.51. The number of hydrogen-bond donors (Lipinski definition) is 1. The number of halogens is 3. The van der Waals surface area contributed by atoms with Crippen molar-refractivity contribution >= 4 is 56.8 Å². The molecule has 22 heteroatoms. The van der Waals surface area contributed by atoms with Gasteiger partial charge in [0, 0.05) is 12.0 Å². The van der Waals surface area contributed by atoms with Crippen LogP contribution in [0.2, 0.25) is 0 Å². The van der Waals surface area contributed by atoms with Crippen molar-refractivity contribution in [2.45, 2.75) is 210 Å². The fraction of sp³-hybridized carbons (Fsp3) is 0.493. The van der Waals surface area contributed by atoms with Crippen molar-refractivity contribution in [3.8, 4) is 11.5 Å². The highest BCUT2D eigenvalue weighted by atomic mass is 32.2. The Hall–Kier alpha value is -7.27. The molecule has 5 aromatic rings. The minimum atomic E-state index is -5.86.